The van der Waals surface area contributed by atoms with Gasteiger partial charge >= 0.3 is 0 Å². The molecule has 0 aliphatic heterocycles. The molecule has 2 rings (SSSR count). The second kappa shape index (κ2) is 6.12. The molecule has 0 unspecified atom stereocenters. The Morgan fingerprint density at radius 3 is 2.25 bits per heavy atom. The molecule has 2 aromatic rings. The van der Waals surface area contributed by atoms with Crippen molar-refractivity contribution in [2.45, 2.75) is 6.92 Å². The molecule has 20 heavy (non-hydrogen) atoms. The van der Waals surface area contributed by atoms with Crippen LogP contribution in [0.4, 0.5) is 17.1 Å². The van der Waals surface area contributed by atoms with Crippen molar-refractivity contribution in [1.29, 1.82) is 0 Å². The normalized spacial score (nSPS) is 9.85. The van der Waals surface area contributed by atoms with E-state index in [1.807, 2.05) is 31.2 Å². The third-order valence-corrected chi connectivity index (χ3v) is 2.95. The van der Waals surface area contributed by atoms with Crippen molar-refractivity contribution in [3.8, 4) is 0 Å². The lowest BCUT2D eigenvalue weighted by atomic mass is 10.2. The summed E-state index contributed by atoms with van der Waals surface area (Å²) in [7, 11) is 0. The molecule has 0 saturated heterocycles. The van der Waals surface area contributed by atoms with Gasteiger partial charge in [-0.2, -0.15) is 0 Å². The smallest absolute Gasteiger partial charge is 0.292 e. The Balaban J connectivity index is 2.13. The fraction of sp³-hybridized carbons (Fsp3) is 0.0714. The summed E-state index contributed by atoms with van der Waals surface area (Å²) in [5, 5.41) is 17.1. The van der Waals surface area contributed by atoms with E-state index in [1.54, 1.807) is 18.2 Å². The van der Waals surface area contributed by atoms with Crippen molar-refractivity contribution >= 4 is 34.4 Å². The minimum absolute atomic E-state index is 0.0126. The van der Waals surface area contributed by atoms with Crippen LogP contribution in [-0.2, 0) is 0 Å². The van der Waals surface area contributed by atoms with Crippen molar-refractivity contribution in [2.75, 3.05) is 10.6 Å². The van der Waals surface area contributed by atoms with Gasteiger partial charge in [-0.1, -0.05) is 30.3 Å². The Hall–Kier alpha value is -2.47. The van der Waals surface area contributed by atoms with Gasteiger partial charge in [-0.25, -0.2) is 0 Å². The van der Waals surface area contributed by atoms with Gasteiger partial charge in [0, 0.05) is 11.8 Å². The summed E-state index contributed by atoms with van der Waals surface area (Å²) < 4.78 is 0. The third kappa shape index (κ3) is 3.30. The molecule has 0 saturated carbocycles. The SMILES string of the molecule is Cc1ccccc1NC(=S)Nc1ccccc1[N+](=O)[O-]. The summed E-state index contributed by atoms with van der Waals surface area (Å²) in [6.45, 7) is 1.95. The number of nitrogens with one attached hydrogen (secondary N) is 2. The van der Waals surface area contributed by atoms with Crippen molar-refractivity contribution in [2.24, 2.45) is 0 Å². The molecular formula is C14H13N3O2S. The molecule has 0 atom stereocenters. The molecule has 0 amide bonds. The third-order valence-electron chi connectivity index (χ3n) is 2.74. The monoisotopic (exact) mass is 287 g/mol. The molecule has 0 aliphatic carbocycles. The van der Waals surface area contributed by atoms with Crippen LogP contribution < -0.4 is 10.6 Å². The molecule has 0 fully saturated rings. The number of hydrogen-bond donors (Lipinski definition) is 2. The van der Waals surface area contributed by atoms with E-state index in [9.17, 15) is 10.1 Å². The van der Waals surface area contributed by atoms with Crippen LogP contribution in [0.5, 0.6) is 0 Å². The highest BCUT2D eigenvalue weighted by atomic mass is 32.1. The van der Waals surface area contributed by atoms with E-state index in [2.05, 4.69) is 10.6 Å². The number of nitrogens with zero attached hydrogens (tertiary/aromatic N) is 1. The maximum absolute atomic E-state index is 10.9. The largest absolute Gasteiger partial charge is 0.332 e. The topological polar surface area (TPSA) is 67.2 Å². The number of aryl methyl sites for hydroxylation is 1. The summed E-state index contributed by atoms with van der Waals surface area (Å²) in [5.41, 5.74) is 2.26. The number of rotatable bonds is 3. The maximum atomic E-state index is 10.9. The first kappa shape index (κ1) is 14.0. The maximum Gasteiger partial charge on any atom is 0.292 e. The van der Waals surface area contributed by atoms with Crippen LogP contribution in [0.3, 0.4) is 0 Å². The zero-order valence-corrected chi connectivity index (χ0v) is 11.6. The van der Waals surface area contributed by atoms with Crippen LogP contribution in [0, 0.1) is 17.0 Å². The first-order valence-electron chi connectivity index (χ1n) is 5.95. The molecule has 0 bridgehead atoms. The minimum atomic E-state index is -0.446. The standard InChI is InChI=1S/C14H13N3O2S/c1-10-6-2-3-7-11(10)15-14(20)16-12-8-4-5-9-13(12)17(18)19/h2-9H,1H3,(H2,15,16,20). The van der Waals surface area contributed by atoms with Crippen molar-refractivity contribution < 1.29 is 4.92 Å². The molecule has 2 aromatic carbocycles. The predicted molar refractivity (Wildman–Crippen MR) is 84.1 cm³/mol. The van der Waals surface area contributed by atoms with E-state index in [1.165, 1.54) is 6.07 Å². The van der Waals surface area contributed by atoms with Gasteiger partial charge in [-0.05, 0) is 36.8 Å². The molecule has 2 N–H and O–H groups in total. The van der Waals surface area contributed by atoms with Gasteiger partial charge in [0.15, 0.2) is 5.11 Å². The molecule has 0 radical (unpaired) electrons. The lowest BCUT2D eigenvalue weighted by Gasteiger charge is -2.12. The highest BCUT2D eigenvalue weighted by Crippen LogP contribution is 2.23. The lowest BCUT2D eigenvalue weighted by Crippen LogP contribution is -2.20. The van der Waals surface area contributed by atoms with Crippen molar-refractivity contribution in [1.82, 2.24) is 0 Å². The van der Waals surface area contributed by atoms with Crippen LogP contribution >= 0.6 is 12.2 Å². The van der Waals surface area contributed by atoms with Gasteiger partial charge in [-0.15, -0.1) is 0 Å². The Morgan fingerprint density at radius 1 is 1.05 bits per heavy atom. The van der Waals surface area contributed by atoms with Crippen LogP contribution in [-0.4, -0.2) is 10.0 Å². The molecule has 6 heteroatoms. The van der Waals surface area contributed by atoms with E-state index in [4.69, 9.17) is 12.2 Å². The molecule has 0 spiro atoms. The lowest BCUT2D eigenvalue weighted by molar-refractivity contribution is -0.383. The number of hydrogen-bond acceptors (Lipinski definition) is 3. The van der Waals surface area contributed by atoms with Gasteiger partial charge in [0.25, 0.3) is 5.69 Å². The van der Waals surface area contributed by atoms with Gasteiger partial charge < -0.3 is 10.6 Å². The molecule has 5 nitrogen and oxygen atoms in total. The Kier molecular flexibility index (Phi) is 4.27. The number of benzene rings is 2. The van der Waals surface area contributed by atoms with Crippen LogP contribution in [0.1, 0.15) is 5.56 Å². The second-order valence-electron chi connectivity index (χ2n) is 4.17. The van der Waals surface area contributed by atoms with Gasteiger partial charge in [0.2, 0.25) is 0 Å². The van der Waals surface area contributed by atoms with Crippen LogP contribution in [0.2, 0.25) is 0 Å². The highest BCUT2D eigenvalue weighted by molar-refractivity contribution is 7.80. The average molecular weight is 287 g/mol. The van der Waals surface area contributed by atoms with Gasteiger partial charge in [0.05, 0.1) is 4.92 Å². The highest BCUT2D eigenvalue weighted by Gasteiger charge is 2.13. The van der Waals surface area contributed by atoms with Gasteiger partial charge in [0.1, 0.15) is 5.69 Å². The number of anilines is 2. The Bertz CT molecular complexity index is 658. The quantitative estimate of drug-likeness (QED) is 0.511. The zero-order chi connectivity index (χ0) is 14.5. The molecule has 0 aromatic heterocycles. The summed E-state index contributed by atoms with van der Waals surface area (Å²) in [4.78, 5) is 10.5. The van der Waals surface area contributed by atoms with Gasteiger partial charge in [-0.3, -0.25) is 10.1 Å². The zero-order valence-electron chi connectivity index (χ0n) is 10.8. The fourth-order valence-electron chi connectivity index (χ4n) is 1.73. The van der Waals surface area contributed by atoms with Crippen LogP contribution in [0.25, 0.3) is 0 Å². The Morgan fingerprint density at radius 2 is 1.60 bits per heavy atom. The summed E-state index contributed by atoms with van der Waals surface area (Å²) in [6, 6.07) is 14.0. The second-order valence-corrected chi connectivity index (χ2v) is 4.58. The van der Waals surface area contributed by atoms with Crippen LogP contribution in [0.15, 0.2) is 48.5 Å². The number of nitro benzene ring substituents is 1. The molecule has 0 aliphatic rings. The Labute approximate surface area is 121 Å². The van der Waals surface area contributed by atoms with E-state index < -0.39 is 4.92 Å². The van der Waals surface area contributed by atoms with Crippen molar-refractivity contribution in [3.05, 3.63) is 64.2 Å². The van der Waals surface area contributed by atoms with Crippen molar-refractivity contribution in [3.63, 3.8) is 0 Å². The summed E-state index contributed by atoms with van der Waals surface area (Å²) in [5.74, 6) is 0. The molecular weight excluding hydrogens is 274 g/mol. The van der Waals surface area contributed by atoms with E-state index in [0.29, 0.717) is 10.8 Å². The van der Waals surface area contributed by atoms with E-state index in [-0.39, 0.29) is 5.69 Å². The summed E-state index contributed by atoms with van der Waals surface area (Å²) >= 11 is 5.18. The first-order chi connectivity index (χ1) is 9.58. The predicted octanol–water partition coefficient (Wildman–Crippen LogP) is 3.71. The summed E-state index contributed by atoms with van der Waals surface area (Å²) in [6.07, 6.45) is 0. The number of thiocarbonyl (C=S) groups is 1. The average Bonchev–Trinajstić information content (AvgIpc) is 2.41. The first-order valence-corrected chi connectivity index (χ1v) is 6.36. The molecule has 102 valence electrons. The number of para-hydroxylation sites is 3. The van der Waals surface area contributed by atoms with E-state index in [0.717, 1.165) is 11.3 Å². The minimum Gasteiger partial charge on any atom is -0.332 e. The molecule has 0 heterocycles. The fourth-order valence-corrected chi connectivity index (χ4v) is 1.95. The van der Waals surface area contributed by atoms with E-state index >= 15 is 0 Å². The number of nitro groups is 1.